The van der Waals surface area contributed by atoms with Crippen LogP contribution in [0.2, 0.25) is 0 Å². The van der Waals surface area contributed by atoms with E-state index in [-0.39, 0.29) is 11.4 Å². The minimum atomic E-state index is -0.185. The van der Waals surface area contributed by atoms with Crippen LogP contribution in [0.3, 0.4) is 0 Å². The molecule has 0 radical (unpaired) electrons. The van der Waals surface area contributed by atoms with Gasteiger partial charge in [-0.25, -0.2) is 10.2 Å². The minimum Gasteiger partial charge on any atom is -0.329 e. The van der Waals surface area contributed by atoms with Gasteiger partial charge in [-0.1, -0.05) is 6.92 Å². The Balaban J connectivity index is 2.25. The zero-order valence-electron chi connectivity index (χ0n) is 7.79. The van der Waals surface area contributed by atoms with E-state index in [0.717, 1.165) is 0 Å². The molecule has 0 atom stereocenters. The highest BCUT2D eigenvalue weighted by molar-refractivity contribution is 5.76. The van der Waals surface area contributed by atoms with E-state index < -0.39 is 0 Å². The Morgan fingerprint density at radius 2 is 2.17 bits per heavy atom. The molecule has 1 saturated carbocycles. The van der Waals surface area contributed by atoms with Crippen LogP contribution in [-0.2, 0) is 0 Å². The van der Waals surface area contributed by atoms with Crippen molar-refractivity contribution in [2.75, 3.05) is 14.1 Å². The predicted molar refractivity (Wildman–Crippen MR) is 48.1 cm³/mol. The Kier molecular flexibility index (Phi) is 2.35. The maximum Gasteiger partial charge on any atom is 0.337 e. The van der Waals surface area contributed by atoms with Gasteiger partial charge >= 0.3 is 6.03 Å². The molecule has 0 saturated heterocycles. The van der Waals surface area contributed by atoms with E-state index in [9.17, 15) is 4.79 Å². The zero-order chi connectivity index (χ0) is 9.19. The fraction of sp³-hybridized carbons (Fsp3) is 0.750. The summed E-state index contributed by atoms with van der Waals surface area (Å²) in [6, 6.07) is -0.185. The van der Waals surface area contributed by atoms with Crippen molar-refractivity contribution < 1.29 is 4.79 Å². The molecule has 0 spiro atoms. The molecule has 0 aliphatic heterocycles. The molecule has 0 heterocycles. The molecule has 0 aromatic carbocycles. The van der Waals surface area contributed by atoms with Crippen LogP contribution in [0.15, 0.2) is 5.10 Å². The van der Waals surface area contributed by atoms with Gasteiger partial charge in [0.2, 0.25) is 0 Å². The first kappa shape index (κ1) is 9.03. The average molecular weight is 169 g/mol. The lowest BCUT2D eigenvalue weighted by Crippen LogP contribution is -2.31. The van der Waals surface area contributed by atoms with Crippen LogP contribution in [0, 0.1) is 5.41 Å². The van der Waals surface area contributed by atoms with Gasteiger partial charge in [-0.3, -0.25) is 0 Å². The summed E-state index contributed by atoms with van der Waals surface area (Å²) in [5.41, 5.74) is 2.68. The minimum absolute atomic E-state index is 0.185. The summed E-state index contributed by atoms with van der Waals surface area (Å²) in [6.07, 6.45) is 4.16. The average Bonchev–Trinajstić information content (AvgIpc) is 2.68. The van der Waals surface area contributed by atoms with Gasteiger partial charge < -0.3 is 4.90 Å². The normalized spacial score (nSPS) is 19.2. The highest BCUT2D eigenvalue weighted by Crippen LogP contribution is 2.42. The highest BCUT2D eigenvalue weighted by Gasteiger charge is 2.35. The van der Waals surface area contributed by atoms with Gasteiger partial charge in [-0.05, 0) is 12.8 Å². The molecule has 4 heteroatoms. The number of rotatable bonds is 2. The van der Waals surface area contributed by atoms with Gasteiger partial charge in [0.15, 0.2) is 0 Å². The first-order valence-electron chi connectivity index (χ1n) is 4.05. The number of hydrogen-bond acceptors (Lipinski definition) is 2. The third kappa shape index (κ3) is 2.53. The predicted octanol–water partition coefficient (Wildman–Crippen LogP) is 1.04. The maximum atomic E-state index is 11.0. The van der Waals surface area contributed by atoms with Crippen LogP contribution in [-0.4, -0.2) is 31.2 Å². The Morgan fingerprint density at radius 3 is 2.58 bits per heavy atom. The van der Waals surface area contributed by atoms with E-state index in [1.165, 1.54) is 17.7 Å². The molecule has 0 bridgehead atoms. The van der Waals surface area contributed by atoms with Crippen LogP contribution in [0.1, 0.15) is 19.8 Å². The summed E-state index contributed by atoms with van der Waals surface area (Å²) in [6.45, 7) is 2.12. The Bertz CT molecular complexity index is 206. The molecular formula is C8H15N3O. The quantitative estimate of drug-likeness (QED) is 0.487. The lowest BCUT2D eigenvalue weighted by Gasteiger charge is -2.08. The number of hydrogen-bond donors (Lipinski definition) is 1. The number of nitrogens with zero attached hydrogens (tertiary/aromatic N) is 2. The third-order valence-electron chi connectivity index (χ3n) is 1.98. The van der Waals surface area contributed by atoms with E-state index in [4.69, 9.17) is 0 Å². The molecule has 1 aliphatic carbocycles. The Hall–Kier alpha value is -1.06. The van der Waals surface area contributed by atoms with Gasteiger partial charge in [-0.15, -0.1) is 0 Å². The first-order chi connectivity index (χ1) is 5.53. The van der Waals surface area contributed by atoms with Gasteiger partial charge in [0, 0.05) is 25.7 Å². The van der Waals surface area contributed by atoms with Crippen molar-refractivity contribution in [1.29, 1.82) is 0 Å². The molecule has 12 heavy (non-hydrogen) atoms. The third-order valence-corrected chi connectivity index (χ3v) is 1.98. The van der Waals surface area contributed by atoms with Gasteiger partial charge in [0.1, 0.15) is 0 Å². The molecule has 0 aromatic rings. The van der Waals surface area contributed by atoms with Crippen LogP contribution in [0.5, 0.6) is 0 Å². The molecule has 68 valence electrons. The van der Waals surface area contributed by atoms with Crippen molar-refractivity contribution >= 4 is 12.2 Å². The molecule has 1 rings (SSSR count). The van der Waals surface area contributed by atoms with Crippen LogP contribution in [0.4, 0.5) is 4.79 Å². The standard InChI is InChI=1S/C8H15N3O/c1-8(4-5-8)6-9-10-7(12)11(2)3/h6H,4-5H2,1-3H3,(H,10,12)/b9-6+. The SMILES string of the molecule is CN(C)C(=O)N/N=C/C1(C)CC1. The highest BCUT2D eigenvalue weighted by atomic mass is 16.2. The maximum absolute atomic E-state index is 11.0. The molecule has 2 amide bonds. The number of urea groups is 1. The van der Waals surface area contributed by atoms with E-state index in [2.05, 4.69) is 17.5 Å². The number of amides is 2. The summed E-state index contributed by atoms with van der Waals surface area (Å²) in [5.74, 6) is 0. The number of carbonyl (C=O) groups excluding carboxylic acids is 1. The van der Waals surface area contributed by atoms with E-state index in [1.807, 2.05) is 6.21 Å². The largest absolute Gasteiger partial charge is 0.337 e. The van der Waals surface area contributed by atoms with Crippen molar-refractivity contribution in [2.24, 2.45) is 10.5 Å². The summed E-state index contributed by atoms with van der Waals surface area (Å²) < 4.78 is 0. The molecule has 0 unspecified atom stereocenters. The molecule has 1 N–H and O–H groups in total. The second-order valence-electron chi connectivity index (χ2n) is 3.72. The summed E-state index contributed by atoms with van der Waals surface area (Å²) in [5, 5.41) is 3.86. The lowest BCUT2D eigenvalue weighted by atomic mass is 10.2. The monoisotopic (exact) mass is 169 g/mol. The molecule has 4 nitrogen and oxygen atoms in total. The Morgan fingerprint density at radius 1 is 1.58 bits per heavy atom. The molecular weight excluding hydrogens is 154 g/mol. The topological polar surface area (TPSA) is 44.7 Å². The van der Waals surface area contributed by atoms with Crippen LogP contribution in [0.25, 0.3) is 0 Å². The van der Waals surface area contributed by atoms with Crippen LogP contribution < -0.4 is 5.43 Å². The van der Waals surface area contributed by atoms with Crippen molar-refractivity contribution in [1.82, 2.24) is 10.3 Å². The summed E-state index contributed by atoms with van der Waals surface area (Å²) >= 11 is 0. The molecule has 0 aromatic heterocycles. The van der Waals surface area contributed by atoms with Gasteiger partial charge in [0.05, 0.1) is 0 Å². The summed E-state index contributed by atoms with van der Waals surface area (Å²) in [4.78, 5) is 12.4. The first-order valence-corrected chi connectivity index (χ1v) is 4.05. The fourth-order valence-corrected chi connectivity index (χ4v) is 0.670. The van der Waals surface area contributed by atoms with Crippen molar-refractivity contribution in [3.8, 4) is 0 Å². The number of nitrogens with one attached hydrogen (secondary N) is 1. The Labute approximate surface area is 72.6 Å². The summed E-state index contributed by atoms with van der Waals surface area (Å²) in [7, 11) is 3.37. The van der Waals surface area contributed by atoms with Gasteiger partial charge in [0.25, 0.3) is 0 Å². The zero-order valence-corrected chi connectivity index (χ0v) is 7.79. The van der Waals surface area contributed by atoms with Crippen LogP contribution >= 0.6 is 0 Å². The van der Waals surface area contributed by atoms with E-state index >= 15 is 0 Å². The van der Waals surface area contributed by atoms with E-state index in [1.54, 1.807) is 14.1 Å². The van der Waals surface area contributed by atoms with Crippen molar-refractivity contribution in [3.05, 3.63) is 0 Å². The fourth-order valence-electron chi connectivity index (χ4n) is 0.670. The number of carbonyl (C=O) groups is 1. The number of hydrazone groups is 1. The smallest absolute Gasteiger partial charge is 0.329 e. The lowest BCUT2D eigenvalue weighted by molar-refractivity contribution is 0.218. The second-order valence-corrected chi connectivity index (χ2v) is 3.72. The second kappa shape index (κ2) is 3.13. The van der Waals surface area contributed by atoms with Crippen molar-refractivity contribution in [3.63, 3.8) is 0 Å². The van der Waals surface area contributed by atoms with Gasteiger partial charge in [-0.2, -0.15) is 5.10 Å². The van der Waals surface area contributed by atoms with Crippen molar-refractivity contribution in [2.45, 2.75) is 19.8 Å². The molecule has 1 fully saturated rings. The molecule has 1 aliphatic rings. The van der Waals surface area contributed by atoms with E-state index in [0.29, 0.717) is 0 Å².